The minimum Gasteiger partial charge on any atom is -0.506 e. The molecule has 2 aromatic rings. The summed E-state index contributed by atoms with van der Waals surface area (Å²) in [6.45, 7) is 0. The van der Waals surface area contributed by atoms with Crippen LogP contribution in [0.2, 0.25) is 5.02 Å². The average molecular weight is 264 g/mol. The van der Waals surface area contributed by atoms with Crippen LogP contribution in [0.25, 0.3) is 11.3 Å². The standard InChI is InChI=1S/C13H10ClNO3/c1-18-13-8(7-16)5-6-10(15-13)9-3-2-4-11(17)12(9)14/h2-7,17H,1H3. The largest absolute Gasteiger partial charge is 0.506 e. The smallest absolute Gasteiger partial charge is 0.224 e. The Hall–Kier alpha value is -2.07. The number of carbonyl (C=O) groups is 1. The van der Waals surface area contributed by atoms with Crippen LogP contribution in [0.15, 0.2) is 30.3 Å². The Bertz CT molecular complexity index is 599. The molecule has 1 aromatic carbocycles. The highest BCUT2D eigenvalue weighted by atomic mass is 35.5. The number of pyridine rings is 1. The zero-order valence-electron chi connectivity index (χ0n) is 9.55. The first-order chi connectivity index (χ1) is 8.67. The highest BCUT2D eigenvalue weighted by molar-refractivity contribution is 6.34. The van der Waals surface area contributed by atoms with Gasteiger partial charge in [0.25, 0.3) is 0 Å². The molecule has 0 radical (unpaired) electrons. The second-order valence-electron chi connectivity index (χ2n) is 3.55. The molecule has 0 saturated heterocycles. The van der Waals surface area contributed by atoms with Crippen molar-refractivity contribution < 1.29 is 14.6 Å². The van der Waals surface area contributed by atoms with Crippen LogP contribution in [-0.4, -0.2) is 23.5 Å². The molecule has 0 amide bonds. The zero-order chi connectivity index (χ0) is 13.1. The molecule has 0 spiro atoms. The molecular formula is C13H10ClNO3. The van der Waals surface area contributed by atoms with Crippen LogP contribution >= 0.6 is 11.6 Å². The van der Waals surface area contributed by atoms with Crippen LogP contribution in [0.5, 0.6) is 11.6 Å². The second kappa shape index (κ2) is 5.06. The molecule has 0 aliphatic carbocycles. The van der Waals surface area contributed by atoms with Crippen molar-refractivity contribution in [1.29, 1.82) is 0 Å². The molecule has 1 N–H and O–H groups in total. The van der Waals surface area contributed by atoms with Gasteiger partial charge in [0.1, 0.15) is 5.75 Å². The van der Waals surface area contributed by atoms with Gasteiger partial charge >= 0.3 is 0 Å². The van der Waals surface area contributed by atoms with Gasteiger partial charge in [-0.15, -0.1) is 0 Å². The summed E-state index contributed by atoms with van der Waals surface area (Å²) in [4.78, 5) is 15.0. The molecule has 0 aliphatic rings. The molecule has 2 rings (SSSR count). The minimum absolute atomic E-state index is 0.0191. The number of aldehydes is 1. The Morgan fingerprint density at radius 1 is 1.33 bits per heavy atom. The highest BCUT2D eigenvalue weighted by Gasteiger charge is 2.11. The Kier molecular flexibility index (Phi) is 3.48. The monoisotopic (exact) mass is 263 g/mol. The normalized spacial score (nSPS) is 10.1. The molecule has 0 unspecified atom stereocenters. The van der Waals surface area contributed by atoms with Gasteiger partial charge in [-0.1, -0.05) is 23.7 Å². The fourth-order valence-corrected chi connectivity index (χ4v) is 1.79. The van der Waals surface area contributed by atoms with Gasteiger partial charge in [0.05, 0.1) is 23.4 Å². The predicted octanol–water partition coefficient (Wildman–Crippen LogP) is 2.93. The van der Waals surface area contributed by atoms with E-state index in [1.54, 1.807) is 24.3 Å². The summed E-state index contributed by atoms with van der Waals surface area (Å²) >= 11 is 6.00. The maximum atomic E-state index is 10.8. The van der Waals surface area contributed by atoms with Gasteiger partial charge in [0, 0.05) is 5.56 Å². The number of benzene rings is 1. The first-order valence-electron chi connectivity index (χ1n) is 5.15. The van der Waals surface area contributed by atoms with E-state index in [2.05, 4.69) is 4.98 Å². The van der Waals surface area contributed by atoms with Gasteiger partial charge < -0.3 is 9.84 Å². The van der Waals surface area contributed by atoms with E-state index in [4.69, 9.17) is 16.3 Å². The number of hydrogen-bond donors (Lipinski definition) is 1. The lowest BCUT2D eigenvalue weighted by Gasteiger charge is -2.08. The minimum atomic E-state index is -0.0191. The lowest BCUT2D eigenvalue weighted by molar-refractivity contribution is 0.112. The molecule has 0 aliphatic heterocycles. The quantitative estimate of drug-likeness (QED) is 0.865. The van der Waals surface area contributed by atoms with Crippen LogP contribution in [0, 0.1) is 0 Å². The molecular weight excluding hydrogens is 254 g/mol. The molecule has 0 saturated carbocycles. The summed E-state index contributed by atoms with van der Waals surface area (Å²) in [5.41, 5.74) is 1.46. The molecule has 1 heterocycles. The van der Waals surface area contributed by atoms with Crippen molar-refractivity contribution in [2.24, 2.45) is 0 Å². The summed E-state index contributed by atoms with van der Waals surface area (Å²) in [7, 11) is 1.43. The molecule has 0 atom stereocenters. The molecule has 4 nitrogen and oxygen atoms in total. The van der Waals surface area contributed by atoms with Gasteiger partial charge in [0.2, 0.25) is 5.88 Å². The molecule has 1 aromatic heterocycles. The van der Waals surface area contributed by atoms with E-state index in [-0.39, 0.29) is 16.7 Å². The van der Waals surface area contributed by atoms with Crippen molar-refractivity contribution >= 4 is 17.9 Å². The predicted molar refractivity (Wildman–Crippen MR) is 68.3 cm³/mol. The second-order valence-corrected chi connectivity index (χ2v) is 3.93. The zero-order valence-corrected chi connectivity index (χ0v) is 10.3. The Morgan fingerprint density at radius 2 is 2.11 bits per heavy atom. The average Bonchev–Trinajstić information content (AvgIpc) is 2.41. The Balaban J connectivity index is 2.58. The third-order valence-corrected chi connectivity index (χ3v) is 2.86. The number of carbonyl (C=O) groups excluding carboxylic acids is 1. The number of hydrogen-bond acceptors (Lipinski definition) is 4. The number of aromatic hydroxyl groups is 1. The number of phenols is 1. The van der Waals surface area contributed by atoms with Crippen molar-refractivity contribution in [3.05, 3.63) is 40.9 Å². The summed E-state index contributed by atoms with van der Waals surface area (Å²) in [6.07, 6.45) is 0.666. The number of methoxy groups -OCH3 is 1. The Labute approximate surface area is 109 Å². The van der Waals surface area contributed by atoms with Crippen molar-refractivity contribution in [2.45, 2.75) is 0 Å². The van der Waals surface area contributed by atoms with Gasteiger partial charge in [0.15, 0.2) is 6.29 Å². The molecule has 0 fully saturated rings. The number of halogens is 1. The maximum absolute atomic E-state index is 10.8. The lowest BCUT2D eigenvalue weighted by atomic mass is 10.1. The van der Waals surface area contributed by atoms with E-state index < -0.39 is 0 Å². The van der Waals surface area contributed by atoms with E-state index in [1.807, 2.05) is 0 Å². The van der Waals surface area contributed by atoms with E-state index in [0.29, 0.717) is 23.1 Å². The van der Waals surface area contributed by atoms with Crippen molar-refractivity contribution in [3.63, 3.8) is 0 Å². The number of rotatable bonds is 3. The first kappa shape index (κ1) is 12.4. The molecule has 18 heavy (non-hydrogen) atoms. The van der Waals surface area contributed by atoms with Crippen LogP contribution in [0.3, 0.4) is 0 Å². The van der Waals surface area contributed by atoms with Crippen LogP contribution in [-0.2, 0) is 0 Å². The van der Waals surface area contributed by atoms with E-state index >= 15 is 0 Å². The van der Waals surface area contributed by atoms with Gasteiger partial charge in [-0.05, 0) is 18.2 Å². The molecule has 5 heteroatoms. The number of ether oxygens (including phenoxy) is 1. The van der Waals surface area contributed by atoms with Crippen molar-refractivity contribution in [1.82, 2.24) is 4.98 Å². The highest BCUT2D eigenvalue weighted by Crippen LogP contribution is 2.34. The third-order valence-electron chi connectivity index (χ3n) is 2.46. The van der Waals surface area contributed by atoms with E-state index in [9.17, 15) is 9.90 Å². The third kappa shape index (κ3) is 2.15. The maximum Gasteiger partial charge on any atom is 0.224 e. The van der Waals surface area contributed by atoms with Crippen LogP contribution in [0.1, 0.15) is 10.4 Å². The SMILES string of the molecule is COc1nc(-c2cccc(O)c2Cl)ccc1C=O. The fourth-order valence-electron chi connectivity index (χ4n) is 1.57. The van der Waals surface area contributed by atoms with Gasteiger partial charge in [-0.3, -0.25) is 4.79 Å². The topological polar surface area (TPSA) is 59.4 Å². The number of aromatic nitrogens is 1. The summed E-state index contributed by atoms with van der Waals surface area (Å²) in [5, 5.41) is 9.76. The van der Waals surface area contributed by atoms with Crippen LogP contribution in [0.4, 0.5) is 0 Å². The van der Waals surface area contributed by atoms with Crippen LogP contribution < -0.4 is 4.74 Å². The van der Waals surface area contributed by atoms with Gasteiger partial charge in [-0.2, -0.15) is 0 Å². The fraction of sp³-hybridized carbons (Fsp3) is 0.0769. The van der Waals surface area contributed by atoms with E-state index in [0.717, 1.165) is 0 Å². The van der Waals surface area contributed by atoms with Gasteiger partial charge in [-0.25, -0.2) is 4.98 Å². The Morgan fingerprint density at radius 3 is 2.78 bits per heavy atom. The molecule has 0 bridgehead atoms. The summed E-state index contributed by atoms with van der Waals surface area (Å²) < 4.78 is 5.02. The molecule has 92 valence electrons. The number of nitrogens with zero attached hydrogens (tertiary/aromatic N) is 1. The lowest BCUT2D eigenvalue weighted by Crippen LogP contribution is -1.96. The van der Waals surface area contributed by atoms with Crippen molar-refractivity contribution in [3.8, 4) is 22.9 Å². The number of phenolic OH excluding ortho intramolecular Hbond substituents is 1. The van der Waals surface area contributed by atoms with E-state index in [1.165, 1.54) is 13.2 Å². The van der Waals surface area contributed by atoms with Crippen molar-refractivity contribution in [2.75, 3.05) is 7.11 Å². The summed E-state index contributed by atoms with van der Waals surface area (Å²) in [5.74, 6) is 0.205. The first-order valence-corrected chi connectivity index (χ1v) is 5.53. The summed E-state index contributed by atoms with van der Waals surface area (Å²) in [6, 6.07) is 8.12.